The zero-order valence-corrected chi connectivity index (χ0v) is 38.7. The second-order valence-electron chi connectivity index (χ2n) is 18.4. The Kier molecular flexibility index (Phi) is 12.8. The third-order valence-corrected chi connectivity index (χ3v) is 27.3. The summed E-state index contributed by atoms with van der Waals surface area (Å²) in [5, 5.41) is 25.4. The van der Waals surface area contributed by atoms with E-state index in [2.05, 4.69) is 132 Å². The number of fused-ring (bicyclic) bond motifs is 1. The first-order chi connectivity index (χ1) is 25.8. The molecule has 0 amide bonds. The number of aryl methyl sites for hydroxylation is 6. The Labute approximate surface area is 342 Å². The van der Waals surface area contributed by atoms with Crippen molar-refractivity contribution in [3.05, 3.63) is 104 Å². The summed E-state index contributed by atoms with van der Waals surface area (Å²) < 4.78 is 13.3. The van der Waals surface area contributed by atoms with Crippen molar-refractivity contribution in [2.45, 2.75) is 154 Å². The van der Waals surface area contributed by atoms with Gasteiger partial charge in [0.15, 0.2) is 0 Å². The van der Waals surface area contributed by atoms with Crippen molar-refractivity contribution in [1.82, 2.24) is 0 Å². The molecule has 2 N–H and O–H groups in total. The van der Waals surface area contributed by atoms with Crippen molar-refractivity contribution < 1.29 is 35.1 Å². The van der Waals surface area contributed by atoms with Gasteiger partial charge < -0.3 is 0 Å². The Balaban J connectivity index is 1.44. The fraction of sp³-hybridized carbons (Fsp3) is 0.500. The molecule has 55 heavy (non-hydrogen) atoms. The summed E-state index contributed by atoms with van der Waals surface area (Å²) in [4.78, 5) is 0. The predicted molar refractivity (Wildman–Crippen MR) is 233 cm³/mol. The second kappa shape index (κ2) is 16.8. The molecule has 6 rings (SSSR count). The Bertz CT molecular complexity index is 1980. The van der Waals surface area contributed by atoms with E-state index in [0.29, 0.717) is 33.5 Å². The molecule has 296 valence electrons. The van der Waals surface area contributed by atoms with E-state index in [0.717, 1.165) is 56.4 Å². The van der Waals surface area contributed by atoms with E-state index >= 15 is 0 Å². The average molecular weight is 817 g/mol. The van der Waals surface area contributed by atoms with Gasteiger partial charge in [-0.2, -0.15) is 0 Å². The van der Waals surface area contributed by atoms with Crippen LogP contribution in [0.5, 0.6) is 34.5 Å². The van der Waals surface area contributed by atoms with Crippen molar-refractivity contribution in [2.24, 2.45) is 0 Å². The van der Waals surface area contributed by atoms with Gasteiger partial charge in [0, 0.05) is 0 Å². The first-order valence-electron chi connectivity index (χ1n) is 20.2. The molecule has 1 fully saturated rings. The summed E-state index contributed by atoms with van der Waals surface area (Å²) in [6.07, 6.45) is 7.78. The van der Waals surface area contributed by atoms with Crippen LogP contribution in [0.2, 0.25) is 0 Å². The number of hydrogen-bond donors (Lipinski definition) is 2. The summed E-state index contributed by atoms with van der Waals surface area (Å²) in [6, 6.07) is 17.3. The van der Waals surface area contributed by atoms with Crippen LogP contribution in [-0.2, 0) is 37.8 Å². The van der Waals surface area contributed by atoms with Gasteiger partial charge in [-0.05, 0) is 0 Å². The van der Waals surface area contributed by atoms with Crippen molar-refractivity contribution in [2.75, 3.05) is 0 Å². The van der Waals surface area contributed by atoms with Crippen LogP contribution in [0.1, 0.15) is 136 Å². The van der Waals surface area contributed by atoms with E-state index in [1.165, 1.54) is 60.8 Å². The number of rotatable bonds is 8. The van der Waals surface area contributed by atoms with Crippen LogP contribution in [-0.4, -0.2) is 20.7 Å². The Morgan fingerprint density at radius 3 is 1.22 bits per heavy atom. The van der Waals surface area contributed by atoms with Crippen LogP contribution in [0.15, 0.2) is 48.5 Å². The molecule has 1 aliphatic carbocycles. The fourth-order valence-corrected chi connectivity index (χ4v) is 29.2. The summed E-state index contributed by atoms with van der Waals surface area (Å²) in [7, 11) is 0.410. The Morgan fingerprint density at radius 2 is 0.891 bits per heavy atom. The number of aromatic hydroxyl groups is 2. The summed E-state index contributed by atoms with van der Waals surface area (Å²) in [5.74, 6) is 5.26. The topological polar surface area (TPSA) is 58.9 Å². The molecule has 0 radical (unpaired) electrons. The van der Waals surface area contributed by atoms with Gasteiger partial charge >= 0.3 is 344 Å². The Hall–Kier alpha value is -2.51. The van der Waals surface area contributed by atoms with Crippen molar-refractivity contribution in [3.8, 4) is 34.5 Å². The summed E-state index contributed by atoms with van der Waals surface area (Å²) >= 11 is -0.401. The van der Waals surface area contributed by atoms with E-state index < -0.39 is 15.5 Å². The van der Waals surface area contributed by atoms with Gasteiger partial charge in [0.25, 0.3) is 0 Å². The van der Waals surface area contributed by atoms with Crippen LogP contribution in [0.4, 0.5) is 0 Å². The van der Waals surface area contributed by atoms with Crippen molar-refractivity contribution >= 4 is 15.9 Å². The third kappa shape index (κ3) is 9.62. The van der Waals surface area contributed by atoms with E-state index in [4.69, 9.17) is 9.47 Å². The second-order valence-corrected chi connectivity index (χ2v) is 29.8. The normalized spacial score (nSPS) is 20.2. The van der Waals surface area contributed by atoms with Gasteiger partial charge in [-0.3, -0.25) is 0 Å². The molecular weight excluding hydrogens is 753 g/mol. The van der Waals surface area contributed by atoms with Gasteiger partial charge in [-0.1, -0.05) is 0 Å². The van der Waals surface area contributed by atoms with E-state index in [9.17, 15) is 10.2 Å². The van der Waals surface area contributed by atoms with Crippen LogP contribution in [0, 0.1) is 41.5 Å². The molecular formula is C48H64O4S2Ti. The maximum atomic E-state index is 12.0. The number of phenolic OH excluding ortho intramolecular Hbond substituents is 2. The van der Waals surface area contributed by atoms with Gasteiger partial charge in [0.2, 0.25) is 0 Å². The standard InChI is InChI=1S/C48H64O4S2.Ti/c1-29-19-31(3)45(32(4)20-29)51-39-25-37(47(7,8)9)23-35(43(39)49)27-53-41-17-15-13-14-16-18-42(41)54-28-36-24-38(48(10,11)12)26-40(44(36)50)52-46-33(5)21-30(2)22-34(46)6;/h19-26,41-42,49-50H,13-18,27-28H2,1-12H3;/t41-,42?;/m0./s1. The molecule has 3 unspecified atom stereocenters. The molecule has 1 saturated carbocycles. The first kappa shape index (κ1) is 42.1. The summed E-state index contributed by atoms with van der Waals surface area (Å²) in [5.41, 5.74) is 11.1. The van der Waals surface area contributed by atoms with Crippen LogP contribution >= 0.6 is 15.9 Å². The molecule has 4 aromatic carbocycles. The molecule has 7 heteroatoms. The van der Waals surface area contributed by atoms with Crippen LogP contribution in [0.25, 0.3) is 0 Å². The average Bonchev–Trinajstić information content (AvgIpc) is 3.35. The SMILES string of the molecule is Cc1cc(C)c(Oc2cc(C(C)(C)C)cc(C[S]3=[Ti]=[S](Cc4cc(C(C)(C)C)cc(Oc5c(C)cc(C)cc5C)c4O)[C@H]4CCCCCCC43)c2O)c(C)c1. The predicted octanol–water partition coefficient (Wildman–Crippen LogP) is 14.4. The third-order valence-electron chi connectivity index (χ3n) is 11.4. The van der Waals surface area contributed by atoms with Gasteiger partial charge in [0.1, 0.15) is 0 Å². The molecule has 0 spiro atoms. The van der Waals surface area contributed by atoms with Gasteiger partial charge in [0.05, 0.1) is 0 Å². The first-order valence-corrected chi connectivity index (χ1v) is 26.9. The van der Waals surface area contributed by atoms with Crippen LogP contribution in [0.3, 0.4) is 0 Å². The van der Waals surface area contributed by atoms with Crippen LogP contribution < -0.4 is 9.47 Å². The quantitative estimate of drug-likeness (QED) is 0.174. The zero-order chi connectivity index (χ0) is 40.0. The monoisotopic (exact) mass is 816 g/mol. The van der Waals surface area contributed by atoms with Gasteiger partial charge in [-0.15, -0.1) is 0 Å². The number of benzene rings is 4. The molecule has 0 aromatic heterocycles. The number of ether oxygens (including phenoxy) is 2. The number of phenols is 2. The zero-order valence-electron chi connectivity index (χ0n) is 35.5. The van der Waals surface area contributed by atoms with Gasteiger partial charge in [-0.25, -0.2) is 0 Å². The van der Waals surface area contributed by atoms with E-state index in [1.807, 2.05) is 0 Å². The molecule has 4 aromatic rings. The van der Waals surface area contributed by atoms with Crippen molar-refractivity contribution in [3.63, 3.8) is 0 Å². The molecule has 1 aliphatic heterocycles. The summed E-state index contributed by atoms with van der Waals surface area (Å²) in [6.45, 7) is 26.1. The molecule has 4 atom stereocenters. The maximum absolute atomic E-state index is 12.0. The number of hydrogen-bond acceptors (Lipinski definition) is 4. The minimum atomic E-state index is -0.401. The molecule has 2 aliphatic rings. The van der Waals surface area contributed by atoms with Crippen molar-refractivity contribution in [1.29, 1.82) is 0 Å². The Morgan fingerprint density at radius 1 is 0.545 bits per heavy atom. The molecule has 1 heterocycles. The molecule has 0 bridgehead atoms. The van der Waals surface area contributed by atoms with E-state index in [-0.39, 0.29) is 26.8 Å². The van der Waals surface area contributed by atoms with E-state index in [1.54, 1.807) is 0 Å². The molecule has 4 nitrogen and oxygen atoms in total. The molecule has 0 saturated heterocycles. The minimum absolute atomic E-state index is 0.0922. The fourth-order valence-electron chi connectivity index (χ4n) is 8.38.